The second-order valence-electron chi connectivity index (χ2n) is 8.39. The van der Waals surface area contributed by atoms with Crippen LogP contribution in [0.3, 0.4) is 0 Å². The highest BCUT2D eigenvalue weighted by atomic mass is 32.2. The second-order valence-corrected chi connectivity index (χ2v) is 10.1. The summed E-state index contributed by atoms with van der Waals surface area (Å²) in [6, 6.07) is 4.98. The van der Waals surface area contributed by atoms with Crippen LogP contribution in [-0.2, 0) is 4.74 Å². The minimum Gasteiger partial charge on any atom is -0.442 e. The van der Waals surface area contributed by atoms with Crippen molar-refractivity contribution in [2.45, 2.75) is 33.3 Å². The van der Waals surface area contributed by atoms with Crippen LogP contribution in [-0.4, -0.2) is 54.9 Å². The lowest BCUT2D eigenvalue weighted by atomic mass is 9.92. The third-order valence-corrected chi connectivity index (χ3v) is 5.92. The average Bonchev–Trinajstić information content (AvgIpc) is 3.00. The highest BCUT2D eigenvalue weighted by molar-refractivity contribution is 7.99. The molecule has 1 amide bonds. The Hall–Kier alpha value is -1.54. The van der Waals surface area contributed by atoms with Gasteiger partial charge in [-0.2, -0.15) is 11.8 Å². The van der Waals surface area contributed by atoms with Crippen LogP contribution in [0.5, 0.6) is 0 Å². The van der Waals surface area contributed by atoms with Gasteiger partial charge in [-0.3, -0.25) is 4.90 Å². The molecule has 0 aliphatic carbocycles. The number of anilines is 2. The smallest absolute Gasteiger partial charge is 0.414 e. The van der Waals surface area contributed by atoms with Crippen LogP contribution in [0.1, 0.15) is 27.2 Å². The minimum atomic E-state index is -0.449. The highest BCUT2D eigenvalue weighted by Gasteiger charge is 2.33. The molecular weight excluding hydrogens is 397 g/mol. The maximum atomic E-state index is 14.7. The zero-order chi connectivity index (χ0) is 20.3. The van der Waals surface area contributed by atoms with E-state index in [9.17, 15) is 9.18 Å². The van der Waals surface area contributed by atoms with Gasteiger partial charge in [-0.25, -0.2) is 9.18 Å². The summed E-state index contributed by atoms with van der Waals surface area (Å²) >= 11 is 7.25. The van der Waals surface area contributed by atoms with Gasteiger partial charge in [0.25, 0.3) is 0 Å². The average molecular weight is 426 g/mol. The molecule has 8 heteroatoms. The summed E-state index contributed by atoms with van der Waals surface area (Å²) in [5.41, 5.74) is 1.23. The summed E-state index contributed by atoms with van der Waals surface area (Å²) < 4.78 is 20.1. The standard InChI is InChI=1S/C20H28FN3O2S2/c1-20(2,3)11-18(27)22-12-15-13-24(19(25)26-15)14-4-5-17(16(21)10-14)23-6-8-28-9-7-23/h4-5,10,15H,6-9,11-13H2,1-3H3,(H,22,27)/t15-/m0/s1. The first kappa shape index (κ1) is 21.2. The van der Waals surface area contributed by atoms with Gasteiger partial charge >= 0.3 is 6.09 Å². The van der Waals surface area contributed by atoms with Crippen LogP contribution in [0.2, 0.25) is 0 Å². The number of halogens is 1. The van der Waals surface area contributed by atoms with Gasteiger partial charge in [0.1, 0.15) is 11.9 Å². The molecule has 28 heavy (non-hydrogen) atoms. The van der Waals surface area contributed by atoms with Crippen molar-refractivity contribution in [2.24, 2.45) is 5.41 Å². The van der Waals surface area contributed by atoms with E-state index in [0.29, 0.717) is 24.5 Å². The van der Waals surface area contributed by atoms with Crippen molar-refractivity contribution in [1.29, 1.82) is 0 Å². The fourth-order valence-corrected chi connectivity index (χ4v) is 4.75. The number of nitrogens with one attached hydrogen (secondary N) is 1. The Kier molecular flexibility index (Phi) is 6.70. The van der Waals surface area contributed by atoms with E-state index in [2.05, 4.69) is 31.0 Å². The van der Waals surface area contributed by atoms with Gasteiger partial charge in [0, 0.05) is 31.0 Å². The Morgan fingerprint density at radius 1 is 1.36 bits per heavy atom. The predicted octanol–water partition coefficient (Wildman–Crippen LogP) is 4.06. The van der Waals surface area contributed by atoms with Crippen LogP contribution >= 0.6 is 24.0 Å². The second kappa shape index (κ2) is 8.86. The summed E-state index contributed by atoms with van der Waals surface area (Å²) in [4.78, 5) is 16.6. The van der Waals surface area contributed by atoms with Crippen molar-refractivity contribution in [2.75, 3.05) is 47.5 Å². The Labute approximate surface area is 176 Å². The Morgan fingerprint density at radius 3 is 2.71 bits per heavy atom. The van der Waals surface area contributed by atoms with Gasteiger partial charge in [0.15, 0.2) is 0 Å². The topological polar surface area (TPSA) is 44.8 Å². The molecule has 0 radical (unpaired) electrons. The lowest BCUT2D eigenvalue weighted by molar-refractivity contribution is 0.142. The number of benzene rings is 1. The summed E-state index contributed by atoms with van der Waals surface area (Å²) in [5, 5.41) is 3.18. The first-order valence-electron chi connectivity index (χ1n) is 9.60. The molecule has 2 aliphatic heterocycles. The van der Waals surface area contributed by atoms with E-state index in [1.54, 1.807) is 12.1 Å². The Bertz CT molecular complexity index is 733. The number of thiocarbonyl (C=S) groups is 1. The molecular formula is C20H28FN3O2S2. The fraction of sp³-hybridized carbons (Fsp3) is 0.600. The van der Waals surface area contributed by atoms with Crippen molar-refractivity contribution in [3.05, 3.63) is 24.0 Å². The molecule has 0 unspecified atom stereocenters. The van der Waals surface area contributed by atoms with Gasteiger partial charge in [-0.1, -0.05) is 33.0 Å². The molecule has 2 fully saturated rings. The van der Waals surface area contributed by atoms with Gasteiger partial charge in [-0.05, 0) is 23.6 Å². The first-order valence-corrected chi connectivity index (χ1v) is 11.2. The molecule has 1 atom stereocenters. The predicted molar refractivity (Wildman–Crippen MR) is 118 cm³/mol. The fourth-order valence-electron chi connectivity index (χ4n) is 3.33. The monoisotopic (exact) mass is 425 g/mol. The maximum absolute atomic E-state index is 14.7. The van der Waals surface area contributed by atoms with Crippen molar-refractivity contribution in [3.63, 3.8) is 0 Å². The molecule has 1 aromatic rings. The quantitative estimate of drug-likeness (QED) is 0.718. The number of nitrogens with zero attached hydrogens (tertiary/aromatic N) is 2. The van der Waals surface area contributed by atoms with Gasteiger partial charge in [-0.15, -0.1) is 0 Å². The van der Waals surface area contributed by atoms with Gasteiger partial charge < -0.3 is 15.0 Å². The number of hydrogen-bond donors (Lipinski definition) is 1. The zero-order valence-corrected chi connectivity index (χ0v) is 18.3. The Balaban J connectivity index is 1.59. The number of hydrogen-bond acceptors (Lipinski definition) is 5. The molecule has 1 N–H and O–H groups in total. The molecule has 154 valence electrons. The number of carbonyl (C=O) groups is 1. The summed E-state index contributed by atoms with van der Waals surface area (Å²) in [5.74, 6) is 1.71. The third kappa shape index (κ3) is 5.50. The van der Waals surface area contributed by atoms with E-state index in [0.717, 1.165) is 36.0 Å². The van der Waals surface area contributed by atoms with Crippen LogP contribution in [0, 0.1) is 11.2 Å². The maximum Gasteiger partial charge on any atom is 0.414 e. The number of ether oxygens (including phenoxy) is 1. The normalized spacial score (nSPS) is 20.3. The minimum absolute atomic E-state index is 0.106. The van der Waals surface area contributed by atoms with Crippen molar-refractivity contribution in [1.82, 2.24) is 5.32 Å². The molecule has 0 saturated carbocycles. The highest BCUT2D eigenvalue weighted by Crippen LogP contribution is 2.29. The lowest BCUT2D eigenvalue weighted by Crippen LogP contribution is -2.35. The summed E-state index contributed by atoms with van der Waals surface area (Å²) in [7, 11) is 0. The van der Waals surface area contributed by atoms with Crippen molar-refractivity contribution >= 4 is 46.4 Å². The first-order chi connectivity index (χ1) is 13.2. The SMILES string of the molecule is CC(C)(C)CC(=S)NC[C@H]1CN(c2ccc(N3CCSCC3)c(F)c2)C(=O)O1. The van der Waals surface area contributed by atoms with Crippen molar-refractivity contribution in [3.8, 4) is 0 Å². The number of carbonyl (C=O) groups excluding carboxylic acids is 1. The largest absolute Gasteiger partial charge is 0.442 e. The van der Waals surface area contributed by atoms with Crippen LogP contribution in [0.15, 0.2) is 18.2 Å². The molecule has 2 aliphatic rings. The molecule has 2 heterocycles. The van der Waals surface area contributed by atoms with Crippen molar-refractivity contribution < 1.29 is 13.9 Å². The molecule has 2 saturated heterocycles. The number of rotatable bonds is 5. The molecule has 0 aromatic heterocycles. The van der Waals surface area contributed by atoms with Gasteiger partial charge in [0.2, 0.25) is 0 Å². The lowest BCUT2D eigenvalue weighted by Gasteiger charge is -2.29. The van der Waals surface area contributed by atoms with Crippen LogP contribution in [0.25, 0.3) is 0 Å². The van der Waals surface area contributed by atoms with Gasteiger partial charge in [0.05, 0.1) is 29.5 Å². The van der Waals surface area contributed by atoms with E-state index in [-0.39, 0.29) is 17.3 Å². The van der Waals surface area contributed by atoms with Crippen LogP contribution in [0.4, 0.5) is 20.6 Å². The van der Waals surface area contributed by atoms with E-state index in [1.165, 1.54) is 11.0 Å². The van der Waals surface area contributed by atoms with E-state index in [4.69, 9.17) is 17.0 Å². The third-order valence-electron chi connectivity index (χ3n) is 4.69. The molecule has 3 rings (SSSR count). The summed E-state index contributed by atoms with van der Waals surface area (Å²) in [6.07, 6.45) is 0.0105. The number of amides is 1. The number of thioether (sulfide) groups is 1. The Morgan fingerprint density at radius 2 is 2.07 bits per heavy atom. The van der Waals surface area contributed by atoms with Crippen LogP contribution < -0.4 is 15.1 Å². The van der Waals surface area contributed by atoms with E-state index in [1.807, 2.05) is 11.8 Å². The number of cyclic esters (lactones) is 1. The van der Waals surface area contributed by atoms with E-state index >= 15 is 0 Å². The molecule has 0 spiro atoms. The molecule has 1 aromatic carbocycles. The summed E-state index contributed by atoms with van der Waals surface area (Å²) in [6.45, 7) is 8.90. The molecule has 0 bridgehead atoms. The molecule has 5 nitrogen and oxygen atoms in total. The zero-order valence-electron chi connectivity index (χ0n) is 16.7. The van der Waals surface area contributed by atoms with E-state index < -0.39 is 6.09 Å².